The molecule has 6 rings (SSSR count). The number of hydrogen-bond donors (Lipinski definition) is 0. The zero-order chi connectivity index (χ0) is 36.9. The highest BCUT2D eigenvalue weighted by molar-refractivity contribution is 7.53. The smallest absolute Gasteiger partial charge is 0.356 e. The van der Waals surface area contributed by atoms with Crippen molar-refractivity contribution in [3.05, 3.63) is 108 Å². The summed E-state index contributed by atoms with van der Waals surface area (Å²) < 4.78 is 39.3. The molecular weight excluding hydrogens is 701 g/mol. The van der Waals surface area contributed by atoms with Gasteiger partial charge in [-0.2, -0.15) is 9.74 Å². The molecule has 0 bridgehead atoms. The van der Waals surface area contributed by atoms with E-state index in [-0.39, 0.29) is 44.4 Å². The summed E-state index contributed by atoms with van der Waals surface area (Å²) in [4.78, 5) is 41.4. The van der Waals surface area contributed by atoms with Crippen LogP contribution in [0.15, 0.2) is 96.2 Å². The summed E-state index contributed by atoms with van der Waals surface area (Å²) in [6, 6.07) is 27.2. The SMILES string of the molecule is CCOP(=O)(COC(COn1cnc2c1N=CN(N1C(=O)c3ccccc3C1=O)C2)CO[Si](c1ccccc1)(c1ccccc1)C(C)(C)C)OCC. The Morgan fingerprint density at radius 2 is 1.38 bits per heavy atom. The van der Waals surface area contributed by atoms with Crippen LogP contribution >= 0.6 is 7.60 Å². The number of aromatic nitrogens is 2. The number of carbonyl (C=O) groups excluding carboxylic acids is 2. The third kappa shape index (κ3) is 7.40. The maximum absolute atomic E-state index is 13.5. The first-order valence-electron chi connectivity index (χ1n) is 17.2. The Morgan fingerprint density at radius 1 is 0.827 bits per heavy atom. The van der Waals surface area contributed by atoms with Crippen LogP contribution in [0.5, 0.6) is 0 Å². The van der Waals surface area contributed by atoms with Gasteiger partial charge < -0.3 is 23.0 Å². The number of hydrogen-bond acceptors (Lipinski definition) is 11. The highest BCUT2D eigenvalue weighted by Gasteiger charge is 2.50. The van der Waals surface area contributed by atoms with Gasteiger partial charge in [0.05, 0.1) is 37.5 Å². The average Bonchev–Trinajstić information content (AvgIpc) is 3.66. The molecule has 3 aromatic carbocycles. The number of carbonyl (C=O) groups is 2. The van der Waals surface area contributed by atoms with Gasteiger partial charge in [0.25, 0.3) is 20.1 Å². The fraction of sp³-hybridized carbons (Fsp3) is 0.351. The Kier molecular flexibility index (Phi) is 11.2. The largest absolute Gasteiger partial charge is 0.408 e. The van der Waals surface area contributed by atoms with E-state index in [2.05, 4.69) is 55.0 Å². The predicted molar refractivity (Wildman–Crippen MR) is 198 cm³/mol. The number of imidazole rings is 1. The van der Waals surface area contributed by atoms with Gasteiger partial charge in [0.1, 0.15) is 37.4 Å². The molecule has 0 spiro atoms. The summed E-state index contributed by atoms with van der Waals surface area (Å²) in [5.41, 5.74) is 1.17. The molecule has 13 nitrogen and oxygen atoms in total. The number of aliphatic imine (C=N–C) groups is 1. The molecule has 0 saturated carbocycles. The van der Waals surface area contributed by atoms with Gasteiger partial charge in [0.2, 0.25) is 0 Å². The molecule has 0 N–H and O–H groups in total. The number of imide groups is 1. The summed E-state index contributed by atoms with van der Waals surface area (Å²) in [5.74, 6) is -0.458. The van der Waals surface area contributed by atoms with Crippen molar-refractivity contribution in [2.24, 2.45) is 4.99 Å². The lowest BCUT2D eigenvalue weighted by Gasteiger charge is -2.43. The van der Waals surface area contributed by atoms with Crippen molar-refractivity contribution in [1.82, 2.24) is 19.7 Å². The molecule has 274 valence electrons. The van der Waals surface area contributed by atoms with Crippen molar-refractivity contribution in [3.63, 3.8) is 0 Å². The molecule has 1 atom stereocenters. The molecule has 15 heteroatoms. The van der Waals surface area contributed by atoms with Crippen molar-refractivity contribution < 1.29 is 37.2 Å². The van der Waals surface area contributed by atoms with E-state index in [9.17, 15) is 14.2 Å². The molecule has 52 heavy (non-hydrogen) atoms. The minimum absolute atomic E-state index is 0.0309. The summed E-state index contributed by atoms with van der Waals surface area (Å²) in [6.45, 7) is 10.6. The number of amides is 2. The van der Waals surface area contributed by atoms with Crippen LogP contribution in [0, 0.1) is 0 Å². The first-order chi connectivity index (χ1) is 25.0. The number of benzene rings is 3. The second-order valence-electron chi connectivity index (χ2n) is 13.3. The van der Waals surface area contributed by atoms with E-state index in [0.29, 0.717) is 22.6 Å². The molecule has 4 aromatic rings. The monoisotopic (exact) mass is 745 g/mol. The molecule has 0 saturated heterocycles. The molecular formula is C37H44N5O8PSi. The highest BCUT2D eigenvalue weighted by Crippen LogP contribution is 2.48. The van der Waals surface area contributed by atoms with E-state index in [1.54, 1.807) is 38.1 Å². The van der Waals surface area contributed by atoms with Crippen LogP contribution in [0.4, 0.5) is 5.82 Å². The van der Waals surface area contributed by atoms with Crippen molar-refractivity contribution in [2.75, 3.05) is 32.8 Å². The van der Waals surface area contributed by atoms with Crippen molar-refractivity contribution in [2.45, 2.75) is 52.3 Å². The van der Waals surface area contributed by atoms with Crippen LogP contribution in [0.2, 0.25) is 5.04 Å². The van der Waals surface area contributed by atoms with E-state index >= 15 is 0 Å². The van der Waals surface area contributed by atoms with Crippen LogP contribution in [-0.2, 0) is 29.3 Å². The quantitative estimate of drug-likeness (QED) is 0.0858. The fourth-order valence-electron chi connectivity index (χ4n) is 6.54. The highest BCUT2D eigenvalue weighted by atomic mass is 31.2. The first-order valence-corrected chi connectivity index (χ1v) is 20.9. The number of rotatable bonds is 16. The first kappa shape index (κ1) is 37.3. The van der Waals surface area contributed by atoms with Gasteiger partial charge in [0.15, 0.2) is 5.82 Å². The zero-order valence-electron chi connectivity index (χ0n) is 30.0. The van der Waals surface area contributed by atoms with E-state index in [4.69, 9.17) is 23.0 Å². The number of nitrogens with zero attached hydrogens (tertiary/aromatic N) is 5. The summed E-state index contributed by atoms with van der Waals surface area (Å²) in [7, 11) is -6.53. The minimum Gasteiger partial charge on any atom is -0.408 e. The van der Waals surface area contributed by atoms with E-state index in [1.165, 1.54) is 22.4 Å². The van der Waals surface area contributed by atoms with Gasteiger partial charge in [-0.1, -0.05) is 93.6 Å². The summed E-state index contributed by atoms with van der Waals surface area (Å²) in [5, 5.41) is 4.41. The van der Waals surface area contributed by atoms with Crippen LogP contribution in [0.3, 0.4) is 0 Å². The second kappa shape index (κ2) is 15.7. The Bertz CT molecular complexity index is 1870. The summed E-state index contributed by atoms with van der Waals surface area (Å²) >= 11 is 0. The van der Waals surface area contributed by atoms with Gasteiger partial charge in [-0.15, -0.1) is 0 Å². The topological polar surface area (TPSA) is 134 Å². The lowest BCUT2D eigenvalue weighted by Crippen LogP contribution is -2.67. The zero-order valence-corrected chi connectivity index (χ0v) is 31.9. The lowest BCUT2D eigenvalue weighted by atomic mass is 10.1. The minimum atomic E-state index is -3.57. The molecule has 2 aliphatic heterocycles. The standard InChI is InChI=1S/C37H44N5O8PSi/c1-6-48-51(45,49-7-2)27-46-28(24-50-52(37(3,4)5,29-16-10-8-11-17-29)30-18-12-9-13-19-30)23-47-41-26-38-33-22-40(25-39-34(33)41)42-35(43)31-20-14-15-21-32(31)36(42)44/h8-21,25-26,28H,6-7,22-24,27H2,1-5H3. The molecule has 2 amide bonds. The third-order valence-electron chi connectivity index (χ3n) is 8.86. The number of ether oxygens (including phenoxy) is 1. The fourth-order valence-corrected chi connectivity index (χ4v) is 12.5. The van der Waals surface area contributed by atoms with Crippen molar-refractivity contribution in [1.29, 1.82) is 0 Å². The maximum atomic E-state index is 13.5. The van der Waals surface area contributed by atoms with Gasteiger partial charge in [-0.05, 0) is 41.4 Å². The van der Waals surface area contributed by atoms with Crippen molar-refractivity contribution in [3.8, 4) is 0 Å². The van der Waals surface area contributed by atoms with Crippen LogP contribution in [0.25, 0.3) is 0 Å². The Hall–Kier alpha value is -4.43. The van der Waals surface area contributed by atoms with Gasteiger partial charge in [0, 0.05) is 0 Å². The normalized spacial score (nSPS) is 15.2. The van der Waals surface area contributed by atoms with Gasteiger partial charge >= 0.3 is 7.60 Å². The van der Waals surface area contributed by atoms with Crippen molar-refractivity contribution >= 4 is 50.3 Å². The van der Waals surface area contributed by atoms with Crippen LogP contribution in [-0.4, -0.2) is 85.1 Å². The Morgan fingerprint density at radius 3 is 1.92 bits per heavy atom. The number of hydrazine groups is 1. The van der Waals surface area contributed by atoms with Crippen LogP contribution < -0.4 is 15.2 Å². The Labute approximate surface area is 304 Å². The Balaban J connectivity index is 1.24. The summed E-state index contributed by atoms with van der Waals surface area (Å²) in [6.07, 6.45) is 1.85. The molecule has 1 aromatic heterocycles. The van der Waals surface area contributed by atoms with Gasteiger partial charge in [-0.3, -0.25) is 19.2 Å². The van der Waals surface area contributed by atoms with E-state index in [1.807, 2.05) is 36.4 Å². The molecule has 0 aliphatic carbocycles. The molecule has 1 unspecified atom stereocenters. The van der Waals surface area contributed by atoms with E-state index in [0.717, 1.165) is 15.4 Å². The molecule has 0 radical (unpaired) electrons. The molecule has 3 heterocycles. The lowest BCUT2D eigenvalue weighted by molar-refractivity contribution is -0.0325. The maximum Gasteiger partial charge on any atom is 0.356 e. The van der Waals surface area contributed by atoms with Gasteiger partial charge in [-0.25, -0.2) is 9.98 Å². The third-order valence-corrected chi connectivity index (χ3v) is 15.6. The molecule has 2 aliphatic rings. The predicted octanol–water partition coefficient (Wildman–Crippen LogP) is 5.18. The van der Waals surface area contributed by atoms with E-state index < -0.39 is 33.8 Å². The average molecular weight is 746 g/mol. The second-order valence-corrected chi connectivity index (χ2v) is 19.6. The molecule has 0 fully saturated rings. The number of fused-ring (bicyclic) bond motifs is 2. The van der Waals surface area contributed by atoms with Crippen LogP contribution in [0.1, 0.15) is 61.0 Å².